The van der Waals surface area contributed by atoms with Gasteiger partial charge in [0.05, 0.1) is 39.6 Å². The third-order valence-electron chi connectivity index (χ3n) is 7.59. The molecule has 0 atom stereocenters. The number of carboxylic acids is 2. The highest BCUT2D eigenvalue weighted by Crippen LogP contribution is 2.29. The van der Waals surface area contributed by atoms with Crippen molar-refractivity contribution in [1.29, 1.82) is 0 Å². The monoisotopic (exact) mass is 653 g/mol. The van der Waals surface area contributed by atoms with E-state index in [1.807, 2.05) is 6.92 Å². The van der Waals surface area contributed by atoms with Gasteiger partial charge >= 0.3 is 11.9 Å². The molecule has 1 aromatic rings. The topological polar surface area (TPSA) is 124 Å². The maximum Gasteiger partial charge on any atom is 0.323 e. The van der Waals surface area contributed by atoms with Crippen LogP contribution in [0.4, 0.5) is 5.69 Å². The molecule has 0 unspecified atom stereocenters. The summed E-state index contributed by atoms with van der Waals surface area (Å²) in [6.07, 6.45) is 20.8. The molecule has 0 aliphatic heterocycles. The molecule has 0 bridgehead atoms. The number of aliphatic carboxylic acids is 2. The Morgan fingerprint density at radius 1 is 0.522 bits per heavy atom. The fourth-order valence-electron chi connectivity index (χ4n) is 5.11. The summed E-state index contributed by atoms with van der Waals surface area (Å²) in [5.74, 6) is -1.28. The van der Waals surface area contributed by atoms with Gasteiger partial charge in [0.15, 0.2) is 0 Å². The van der Waals surface area contributed by atoms with Crippen LogP contribution in [-0.2, 0) is 23.8 Å². The van der Waals surface area contributed by atoms with E-state index in [1.165, 1.54) is 94.8 Å². The molecule has 10 heteroatoms. The maximum atomic E-state index is 11.4. The molecule has 0 aliphatic rings. The number of rotatable bonds is 34. The van der Waals surface area contributed by atoms with Crippen molar-refractivity contribution < 1.29 is 43.5 Å². The smallest absolute Gasteiger partial charge is 0.323 e. The minimum absolute atomic E-state index is 0.263. The van der Waals surface area contributed by atoms with Crippen molar-refractivity contribution in [2.75, 3.05) is 70.8 Å². The minimum Gasteiger partial charge on any atom is -0.493 e. The molecule has 0 aliphatic carbocycles. The third-order valence-corrected chi connectivity index (χ3v) is 7.59. The number of carboxylic acid groups (broad SMARTS) is 2. The normalized spacial score (nSPS) is 11.1. The Labute approximate surface area is 278 Å². The average molecular weight is 654 g/mol. The molecule has 0 radical (unpaired) electrons. The van der Waals surface area contributed by atoms with Crippen LogP contribution in [0.3, 0.4) is 0 Å². The van der Waals surface area contributed by atoms with Gasteiger partial charge in [0.2, 0.25) is 0 Å². The fourth-order valence-corrected chi connectivity index (χ4v) is 5.11. The van der Waals surface area contributed by atoms with Crippen molar-refractivity contribution in [3.05, 3.63) is 18.2 Å². The largest absolute Gasteiger partial charge is 0.493 e. The van der Waals surface area contributed by atoms with Gasteiger partial charge in [-0.3, -0.25) is 9.59 Å². The van der Waals surface area contributed by atoms with Gasteiger partial charge in [0.1, 0.15) is 31.2 Å². The molecule has 0 saturated heterocycles. The van der Waals surface area contributed by atoms with Crippen LogP contribution in [-0.4, -0.2) is 88.1 Å². The summed E-state index contributed by atoms with van der Waals surface area (Å²) in [6, 6.07) is 5.04. The minimum atomic E-state index is -1.12. The lowest BCUT2D eigenvalue weighted by atomic mass is 10.0. The Kier molecular flexibility index (Phi) is 26.9. The standard InChI is InChI=1S/C36H63NO9/c1-3-5-6-7-8-9-10-11-12-13-14-15-16-17-18-19-20-45-33-27-32(37(30-35(38)39)31-36(40)41)28-34(29-33)46-26-25-44-24-23-43-22-21-42-4-2/h27-29H,3-26,30-31H2,1-2H3,(H,38,39)(H,40,41). The zero-order valence-corrected chi connectivity index (χ0v) is 28.8. The second-order valence-corrected chi connectivity index (χ2v) is 11.7. The van der Waals surface area contributed by atoms with Crippen molar-refractivity contribution in [2.45, 2.75) is 117 Å². The van der Waals surface area contributed by atoms with Gasteiger partial charge < -0.3 is 38.8 Å². The SMILES string of the molecule is CCCCCCCCCCCCCCCCCCOc1cc(OCCOCCOCCOCC)cc(N(CC(=O)O)CC(=O)O)c1. The lowest BCUT2D eigenvalue weighted by molar-refractivity contribution is -0.136. The summed E-state index contributed by atoms with van der Waals surface area (Å²) in [6.45, 7) is 7.02. The van der Waals surface area contributed by atoms with Crippen LogP contribution in [0.1, 0.15) is 117 Å². The van der Waals surface area contributed by atoms with E-state index in [2.05, 4.69) is 6.92 Å². The number of hydrogen-bond donors (Lipinski definition) is 2. The highest BCUT2D eigenvalue weighted by atomic mass is 16.6. The Morgan fingerprint density at radius 2 is 0.913 bits per heavy atom. The molecule has 1 rings (SSSR count). The molecule has 0 aromatic heterocycles. The lowest BCUT2D eigenvalue weighted by Crippen LogP contribution is -2.34. The van der Waals surface area contributed by atoms with Gasteiger partial charge in [-0.1, -0.05) is 103 Å². The van der Waals surface area contributed by atoms with Gasteiger partial charge in [-0.2, -0.15) is 0 Å². The molecule has 10 nitrogen and oxygen atoms in total. The van der Waals surface area contributed by atoms with Crippen molar-refractivity contribution >= 4 is 17.6 Å². The summed E-state index contributed by atoms with van der Waals surface area (Å²) in [4.78, 5) is 24.1. The third kappa shape index (κ3) is 24.6. The van der Waals surface area contributed by atoms with Gasteiger partial charge in [0.25, 0.3) is 0 Å². The van der Waals surface area contributed by atoms with E-state index in [4.69, 9.17) is 23.7 Å². The van der Waals surface area contributed by atoms with Crippen molar-refractivity contribution in [3.8, 4) is 11.5 Å². The van der Waals surface area contributed by atoms with Crippen molar-refractivity contribution in [3.63, 3.8) is 0 Å². The van der Waals surface area contributed by atoms with Crippen LogP contribution in [0.15, 0.2) is 18.2 Å². The van der Waals surface area contributed by atoms with Crippen molar-refractivity contribution in [2.24, 2.45) is 0 Å². The first-order valence-electron chi connectivity index (χ1n) is 17.8. The van der Waals surface area contributed by atoms with Crippen LogP contribution in [0.5, 0.6) is 11.5 Å². The van der Waals surface area contributed by atoms with Gasteiger partial charge in [-0.15, -0.1) is 0 Å². The summed E-state index contributed by atoms with van der Waals surface area (Å²) < 4.78 is 28.1. The van der Waals surface area contributed by atoms with Gasteiger partial charge in [-0.25, -0.2) is 0 Å². The zero-order valence-electron chi connectivity index (χ0n) is 28.8. The Morgan fingerprint density at radius 3 is 1.35 bits per heavy atom. The average Bonchev–Trinajstić information content (AvgIpc) is 3.02. The molecule has 2 N–H and O–H groups in total. The molecule has 0 fully saturated rings. The van der Waals surface area contributed by atoms with Crippen LogP contribution in [0.2, 0.25) is 0 Å². The number of ether oxygens (including phenoxy) is 5. The molecule has 0 spiro atoms. The Hall–Kier alpha value is -2.56. The van der Waals surface area contributed by atoms with Crippen LogP contribution in [0, 0.1) is 0 Å². The number of carbonyl (C=O) groups is 2. The molecule has 0 saturated carbocycles. The molecular formula is C36H63NO9. The molecular weight excluding hydrogens is 590 g/mol. The van der Waals surface area contributed by atoms with E-state index in [9.17, 15) is 19.8 Å². The van der Waals surface area contributed by atoms with E-state index in [0.717, 1.165) is 12.8 Å². The first-order valence-corrected chi connectivity index (χ1v) is 17.8. The highest BCUT2D eigenvalue weighted by molar-refractivity contribution is 5.80. The molecule has 46 heavy (non-hydrogen) atoms. The predicted octanol–water partition coefficient (Wildman–Crippen LogP) is 7.75. The fraction of sp³-hybridized carbons (Fsp3) is 0.778. The van der Waals surface area contributed by atoms with E-state index < -0.39 is 25.0 Å². The molecule has 0 heterocycles. The zero-order chi connectivity index (χ0) is 33.5. The van der Waals surface area contributed by atoms with Gasteiger partial charge in [-0.05, 0) is 13.3 Å². The first kappa shape index (κ1) is 41.5. The second-order valence-electron chi connectivity index (χ2n) is 11.7. The van der Waals surface area contributed by atoms with Gasteiger partial charge in [0, 0.05) is 30.5 Å². The summed E-state index contributed by atoms with van der Waals surface area (Å²) >= 11 is 0. The highest BCUT2D eigenvalue weighted by Gasteiger charge is 2.17. The number of nitrogens with zero attached hydrogens (tertiary/aromatic N) is 1. The Bertz CT molecular complexity index is 867. The van der Waals surface area contributed by atoms with E-state index in [1.54, 1.807) is 18.2 Å². The quantitative estimate of drug-likeness (QED) is 0.0714. The lowest BCUT2D eigenvalue weighted by Gasteiger charge is -2.22. The summed E-state index contributed by atoms with van der Waals surface area (Å²) in [5, 5.41) is 18.7. The van der Waals surface area contributed by atoms with E-state index >= 15 is 0 Å². The predicted molar refractivity (Wildman–Crippen MR) is 183 cm³/mol. The van der Waals surface area contributed by atoms with Crippen LogP contribution < -0.4 is 14.4 Å². The van der Waals surface area contributed by atoms with Crippen LogP contribution >= 0.6 is 0 Å². The summed E-state index contributed by atoms with van der Waals surface area (Å²) in [5.41, 5.74) is 0.410. The molecule has 1 aromatic carbocycles. The first-order chi connectivity index (χ1) is 22.5. The number of hydrogen-bond acceptors (Lipinski definition) is 8. The number of unbranched alkanes of at least 4 members (excludes halogenated alkanes) is 15. The maximum absolute atomic E-state index is 11.4. The second kappa shape index (κ2) is 29.8. The van der Waals surface area contributed by atoms with E-state index in [0.29, 0.717) is 63.4 Å². The van der Waals surface area contributed by atoms with E-state index in [-0.39, 0.29) is 6.61 Å². The Balaban J connectivity index is 2.38. The van der Waals surface area contributed by atoms with Crippen molar-refractivity contribution in [1.82, 2.24) is 0 Å². The molecule has 266 valence electrons. The number of benzene rings is 1. The summed E-state index contributed by atoms with van der Waals surface area (Å²) in [7, 11) is 0. The number of anilines is 1. The van der Waals surface area contributed by atoms with Crippen LogP contribution in [0.25, 0.3) is 0 Å². The molecule has 0 amide bonds.